The molecule has 0 spiro atoms. The summed E-state index contributed by atoms with van der Waals surface area (Å²) < 4.78 is 59.5. The number of allylic oxidation sites excluding steroid dienone is 2. The van der Waals surface area contributed by atoms with Crippen LogP contribution in [0.4, 0.5) is 13.2 Å². The summed E-state index contributed by atoms with van der Waals surface area (Å²) in [5, 5.41) is 17.8. The molecule has 1 aromatic heterocycles. The van der Waals surface area contributed by atoms with E-state index in [2.05, 4.69) is 54.9 Å². The Morgan fingerprint density at radius 3 is 2.56 bits per heavy atom. The molecule has 0 bridgehead atoms. The maximum atomic E-state index is 13.6. The summed E-state index contributed by atoms with van der Waals surface area (Å²) >= 11 is -1.54. The summed E-state index contributed by atoms with van der Waals surface area (Å²) in [5.41, 5.74) is -1.67. The molecule has 1 aliphatic heterocycles. The van der Waals surface area contributed by atoms with Crippen LogP contribution in [0.25, 0.3) is 5.82 Å². The fourth-order valence-corrected chi connectivity index (χ4v) is 6.31. The van der Waals surface area contributed by atoms with Crippen molar-refractivity contribution in [2.45, 2.75) is 72.5 Å². The monoisotopic (exact) mass is 653 g/mol. The van der Waals surface area contributed by atoms with Crippen molar-refractivity contribution < 1.29 is 27.3 Å². The van der Waals surface area contributed by atoms with Crippen molar-refractivity contribution in [1.82, 2.24) is 25.3 Å². The second kappa shape index (κ2) is 14.5. The SMILES string of the molecule is C=C(/N=C(\C(=C/C)C(=O)CNC[S+]([O-])/C(=C/NC)C(C)=N)N1CC(C(C)C)CC1(C)C)n1ccc(OCC2(C(F)(F)F)CC2)n1. The molecular formula is C31H46F3N7O3S. The lowest BCUT2D eigenvalue weighted by molar-refractivity contribution is -0.194. The van der Waals surface area contributed by atoms with Crippen molar-refractivity contribution in [3.05, 3.63) is 41.6 Å². The Hall–Kier alpha value is -3.10. The van der Waals surface area contributed by atoms with Crippen LogP contribution in [0.3, 0.4) is 0 Å². The van der Waals surface area contributed by atoms with Gasteiger partial charge in [-0.3, -0.25) is 10.1 Å². The van der Waals surface area contributed by atoms with E-state index >= 15 is 0 Å². The van der Waals surface area contributed by atoms with Crippen LogP contribution in [0.5, 0.6) is 5.88 Å². The van der Waals surface area contributed by atoms with E-state index in [0.717, 1.165) is 6.42 Å². The molecule has 0 radical (unpaired) electrons. The van der Waals surface area contributed by atoms with Gasteiger partial charge in [-0.15, -0.1) is 5.10 Å². The Balaban J connectivity index is 1.84. The van der Waals surface area contributed by atoms with Gasteiger partial charge in [0, 0.05) is 42.6 Å². The van der Waals surface area contributed by atoms with E-state index in [1.807, 2.05) is 0 Å². The summed E-state index contributed by atoms with van der Waals surface area (Å²) in [6, 6.07) is 1.46. The van der Waals surface area contributed by atoms with Gasteiger partial charge in [0.15, 0.2) is 16.6 Å². The van der Waals surface area contributed by atoms with Gasteiger partial charge in [0.25, 0.3) is 0 Å². The Morgan fingerprint density at radius 1 is 1.38 bits per heavy atom. The minimum absolute atomic E-state index is 0.0242. The van der Waals surface area contributed by atoms with Crippen molar-refractivity contribution >= 4 is 34.3 Å². The normalized spacial score (nSPS) is 20.8. The van der Waals surface area contributed by atoms with E-state index in [9.17, 15) is 22.5 Å². The molecule has 1 saturated heterocycles. The number of amidine groups is 1. The molecule has 250 valence electrons. The number of ketones is 1. The zero-order valence-corrected chi connectivity index (χ0v) is 28.0. The molecule has 2 heterocycles. The van der Waals surface area contributed by atoms with E-state index < -0.39 is 29.4 Å². The van der Waals surface area contributed by atoms with E-state index in [1.165, 1.54) is 23.1 Å². The molecule has 14 heteroatoms. The Kier molecular flexibility index (Phi) is 11.8. The molecule has 2 fully saturated rings. The topological polar surface area (TPSA) is 131 Å². The van der Waals surface area contributed by atoms with Gasteiger partial charge in [-0.05, 0) is 58.8 Å². The van der Waals surface area contributed by atoms with Gasteiger partial charge < -0.3 is 24.9 Å². The zero-order chi connectivity index (χ0) is 33.7. The molecule has 0 amide bonds. The van der Waals surface area contributed by atoms with Crippen molar-refractivity contribution in [1.29, 1.82) is 5.41 Å². The van der Waals surface area contributed by atoms with Gasteiger partial charge in [0.1, 0.15) is 23.7 Å². The average Bonchev–Trinajstić information content (AvgIpc) is 3.49. The number of halogens is 3. The molecule has 1 aliphatic carbocycles. The highest BCUT2D eigenvalue weighted by Crippen LogP contribution is 2.57. The number of rotatable bonds is 15. The molecule has 2 atom stereocenters. The summed E-state index contributed by atoms with van der Waals surface area (Å²) in [7, 11) is 1.65. The van der Waals surface area contributed by atoms with Gasteiger partial charge in [-0.25, -0.2) is 9.67 Å². The molecule has 10 nitrogen and oxygen atoms in total. The predicted octanol–water partition coefficient (Wildman–Crippen LogP) is 5.10. The van der Waals surface area contributed by atoms with Gasteiger partial charge in [-0.1, -0.05) is 26.5 Å². The number of carbonyl (C=O) groups is 1. The number of alkyl halides is 3. The quantitative estimate of drug-likeness (QED) is 0.104. The summed E-state index contributed by atoms with van der Waals surface area (Å²) in [6.45, 7) is 15.9. The Labute approximate surface area is 266 Å². The van der Waals surface area contributed by atoms with Gasteiger partial charge in [0.2, 0.25) is 5.88 Å². The largest absolute Gasteiger partial charge is 0.610 e. The van der Waals surface area contributed by atoms with Gasteiger partial charge in [-0.2, -0.15) is 13.2 Å². The van der Waals surface area contributed by atoms with Crippen LogP contribution in [-0.2, 0) is 16.0 Å². The van der Waals surface area contributed by atoms with Crippen LogP contribution in [0.2, 0.25) is 0 Å². The Bertz CT molecular complexity index is 1350. The fourth-order valence-electron chi connectivity index (χ4n) is 5.28. The molecule has 2 unspecified atom stereocenters. The van der Waals surface area contributed by atoms with Crippen LogP contribution in [0, 0.1) is 22.7 Å². The van der Waals surface area contributed by atoms with E-state index in [1.54, 1.807) is 27.0 Å². The lowest BCUT2D eigenvalue weighted by Crippen LogP contribution is -2.45. The number of hydrogen-bond acceptors (Lipinski definition) is 8. The van der Waals surface area contributed by atoms with Crippen LogP contribution in [-0.4, -0.2) is 80.9 Å². The van der Waals surface area contributed by atoms with Gasteiger partial charge >= 0.3 is 6.18 Å². The number of aliphatic imine (C=N–C) groups is 1. The lowest BCUT2D eigenvalue weighted by Gasteiger charge is -2.35. The number of carbonyl (C=O) groups excluding carboxylic acids is 1. The predicted molar refractivity (Wildman–Crippen MR) is 172 cm³/mol. The van der Waals surface area contributed by atoms with Gasteiger partial charge in [0.05, 0.1) is 24.0 Å². The first-order valence-electron chi connectivity index (χ1n) is 15.0. The number of aromatic nitrogens is 2. The molecule has 3 rings (SSSR count). The third kappa shape index (κ3) is 8.79. The molecule has 0 aromatic carbocycles. The van der Waals surface area contributed by atoms with Crippen LogP contribution >= 0.6 is 0 Å². The smallest absolute Gasteiger partial charge is 0.397 e. The molecule has 2 aliphatic rings. The van der Waals surface area contributed by atoms with E-state index in [0.29, 0.717) is 34.7 Å². The van der Waals surface area contributed by atoms with Crippen molar-refractivity contribution in [3.8, 4) is 5.88 Å². The summed E-state index contributed by atoms with van der Waals surface area (Å²) in [4.78, 5) is 20.8. The average molecular weight is 654 g/mol. The van der Waals surface area contributed by atoms with Crippen LogP contribution in [0.1, 0.15) is 60.8 Å². The second-order valence-electron chi connectivity index (χ2n) is 12.6. The molecular weight excluding hydrogens is 607 g/mol. The first kappa shape index (κ1) is 36.4. The highest BCUT2D eigenvalue weighted by atomic mass is 32.2. The summed E-state index contributed by atoms with van der Waals surface area (Å²) in [5.74, 6) is 1.03. The number of Topliss-reactive ketones (excluding diaryl/α,β-unsaturated/α-hetero) is 1. The minimum atomic E-state index is -4.33. The molecule has 45 heavy (non-hydrogen) atoms. The highest BCUT2D eigenvalue weighted by molar-refractivity contribution is 7.96. The van der Waals surface area contributed by atoms with Crippen LogP contribution < -0.4 is 15.4 Å². The van der Waals surface area contributed by atoms with E-state index in [4.69, 9.17) is 15.1 Å². The zero-order valence-electron chi connectivity index (χ0n) is 27.2. The second-order valence-corrected chi connectivity index (χ2v) is 14.0. The van der Waals surface area contributed by atoms with Crippen molar-refractivity contribution in [2.75, 3.05) is 32.6 Å². The maximum absolute atomic E-state index is 13.6. The highest BCUT2D eigenvalue weighted by Gasteiger charge is 2.64. The number of hydrogen-bond donors (Lipinski definition) is 3. The third-order valence-electron chi connectivity index (χ3n) is 8.36. The number of nitrogens with one attached hydrogen (secondary N) is 3. The maximum Gasteiger partial charge on any atom is 0.397 e. The number of likely N-dealkylation sites (tertiary alicyclic amines) is 1. The van der Waals surface area contributed by atoms with Crippen molar-refractivity contribution in [2.24, 2.45) is 22.2 Å². The van der Waals surface area contributed by atoms with Crippen molar-refractivity contribution in [3.63, 3.8) is 0 Å². The minimum Gasteiger partial charge on any atom is -0.610 e. The Morgan fingerprint density at radius 2 is 2.04 bits per heavy atom. The summed E-state index contributed by atoms with van der Waals surface area (Å²) in [6.07, 6.45) is 1.30. The number of nitrogens with zero attached hydrogens (tertiary/aromatic N) is 4. The first-order chi connectivity index (χ1) is 21.0. The lowest BCUT2D eigenvalue weighted by atomic mass is 9.89. The standard InChI is InChI=1S/C31H46F3N7O3S/c1-9-24(25(42)15-37-19-45(43)26(16-36-8)21(4)35)28(40-17-23(20(2)3)14-29(40,6)7)38-22(5)41-13-10-27(39-41)44-18-30(11-12-30)31(32,33)34/h9-10,13,16,20,23,35-37H,5,11-12,14-15,17-19H2,1-4,6-8H3/b24-9-,26-16+,35-21?,38-28+. The van der Waals surface area contributed by atoms with Crippen LogP contribution in [0.15, 0.2) is 46.6 Å². The molecule has 3 N–H and O–H groups in total. The first-order valence-corrected chi connectivity index (χ1v) is 16.3. The number of ether oxygens (including phenoxy) is 1. The molecule has 1 saturated carbocycles. The molecule has 1 aromatic rings. The van der Waals surface area contributed by atoms with E-state index in [-0.39, 0.29) is 54.0 Å². The third-order valence-corrected chi connectivity index (χ3v) is 9.74. The fraction of sp³-hybridized carbons (Fsp3) is 0.613.